The van der Waals surface area contributed by atoms with E-state index in [0.717, 1.165) is 19.4 Å². The van der Waals surface area contributed by atoms with Gasteiger partial charge in [-0.3, -0.25) is 9.59 Å². The van der Waals surface area contributed by atoms with Crippen molar-refractivity contribution in [2.75, 3.05) is 6.61 Å². The first kappa shape index (κ1) is 13.1. The van der Waals surface area contributed by atoms with E-state index < -0.39 is 0 Å². The van der Waals surface area contributed by atoms with Crippen LogP contribution in [0, 0.1) is 0 Å². The lowest BCUT2D eigenvalue weighted by molar-refractivity contribution is -0.125. The maximum Gasteiger partial charge on any atom is 0.287 e. The molecule has 3 heterocycles. The SMILES string of the molecule is O=C1CC[C@H](NC(=O)c2ncc[nH]2)[C@@H](C2CCCO2)N1. The van der Waals surface area contributed by atoms with Crippen LogP contribution in [-0.2, 0) is 9.53 Å². The summed E-state index contributed by atoms with van der Waals surface area (Å²) < 4.78 is 5.65. The van der Waals surface area contributed by atoms with Crippen molar-refractivity contribution in [3.05, 3.63) is 18.2 Å². The lowest BCUT2D eigenvalue weighted by Gasteiger charge is -2.35. The van der Waals surface area contributed by atoms with Gasteiger partial charge in [0.15, 0.2) is 5.82 Å². The molecule has 3 atom stereocenters. The van der Waals surface area contributed by atoms with Gasteiger partial charge < -0.3 is 20.4 Å². The second-order valence-electron chi connectivity index (χ2n) is 5.20. The van der Waals surface area contributed by atoms with Crippen LogP contribution in [0.3, 0.4) is 0 Å². The Morgan fingerprint density at radius 3 is 3.05 bits per heavy atom. The van der Waals surface area contributed by atoms with Crippen LogP contribution < -0.4 is 10.6 Å². The Kier molecular flexibility index (Phi) is 3.68. The minimum absolute atomic E-state index is 0.0128. The fourth-order valence-electron chi connectivity index (χ4n) is 2.85. The molecule has 2 aliphatic rings. The summed E-state index contributed by atoms with van der Waals surface area (Å²) in [6.07, 6.45) is 6.09. The molecule has 0 saturated carbocycles. The third-order valence-electron chi connectivity index (χ3n) is 3.84. The van der Waals surface area contributed by atoms with E-state index in [-0.39, 0.29) is 35.8 Å². The average molecular weight is 278 g/mol. The van der Waals surface area contributed by atoms with Gasteiger partial charge >= 0.3 is 0 Å². The smallest absolute Gasteiger partial charge is 0.287 e. The maximum absolute atomic E-state index is 12.1. The summed E-state index contributed by atoms with van der Waals surface area (Å²) in [7, 11) is 0. The molecule has 0 spiro atoms. The number of aromatic nitrogens is 2. The highest BCUT2D eigenvalue weighted by Gasteiger charge is 2.37. The molecule has 7 nitrogen and oxygen atoms in total. The van der Waals surface area contributed by atoms with Gasteiger partial charge in [-0.15, -0.1) is 0 Å². The summed E-state index contributed by atoms with van der Waals surface area (Å²) in [5, 5.41) is 5.89. The molecule has 0 aliphatic carbocycles. The first-order valence-corrected chi connectivity index (χ1v) is 6.95. The quantitative estimate of drug-likeness (QED) is 0.723. The van der Waals surface area contributed by atoms with Crippen molar-refractivity contribution < 1.29 is 14.3 Å². The van der Waals surface area contributed by atoms with E-state index in [1.165, 1.54) is 6.20 Å². The van der Waals surface area contributed by atoms with E-state index in [0.29, 0.717) is 12.8 Å². The zero-order valence-electron chi connectivity index (χ0n) is 11.1. The monoisotopic (exact) mass is 278 g/mol. The van der Waals surface area contributed by atoms with Crippen molar-refractivity contribution >= 4 is 11.8 Å². The van der Waals surface area contributed by atoms with Crippen LogP contribution in [0.2, 0.25) is 0 Å². The molecule has 7 heteroatoms. The normalized spacial score (nSPS) is 30.0. The molecule has 3 rings (SSSR count). The molecular formula is C13H18N4O3. The predicted molar refractivity (Wildman–Crippen MR) is 70.0 cm³/mol. The van der Waals surface area contributed by atoms with Crippen LogP contribution in [-0.4, -0.2) is 46.6 Å². The summed E-state index contributed by atoms with van der Waals surface area (Å²) in [4.78, 5) is 30.4. The van der Waals surface area contributed by atoms with Gasteiger partial charge in [-0.2, -0.15) is 0 Å². The Labute approximate surface area is 116 Å². The van der Waals surface area contributed by atoms with E-state index >= 15 is 0 Å². The number of aromatic amines is 1. The molecule has 108 valence electrons. The number of nitrogens with one attached hydrogen (secondary N) is 3. The number of piperidine rings is 1. The van der Waals surface area contributed by atoms with E-state index in [1.54, 1.807) is 6.20 Å². The number of hydrogen-bond acceptors (Lipinski definition) is 4. The molecule has 2 saturated heterocycles. The molecule has 2 amide bonds. The molecule has 3 N–H and O–H groups in total. The summed E-state index contributed by atoms with van der Waals surface area (Å²) in [6.45, 7) is 0.718. The fourth-order valence-corrected chi connectivity index (χ4v) is 2.85. The number of H-pyrrole nitrogens is 1. The molecule has 1 aromatic heterocycles. The number of nitrogens with zero attached hydrogens (tertiary/aromatic N) is 1. The van der Waals surface area contributed by atoms with Crippen molar-refractivity contribution in [3.63, 3.8) is 0 Å². The molecular weight excluding hydrogens is 260 g/mol. The molecule has 20 heavy (non-hydrogen) atoms. The Morgan fingerprint density at radius 2 is 2.35 bits per heavy atom. The van der Waals surface area contributed by atoms with Gasteiger partial charge in [-0.25, -0.2) is 4.98 Å². The lowest BCUT2D eigenvalue weighted by atomic mass is 9.92. The zero-order valence-corrected chi connectivity index (χ0v) is 11.1. The van der Waals surface area contributed by atoms with Gasteiger partial charge in [0.05, 0.1) is 18.2 Å². The van der Waals surface area contributed by atoms with E-state index in [4.69, 9.17) is 4.74 Å². The van der Waals surface area contributed by atoms with Gasteiger partial charge in [-0.1, -0.05) is 0 Å². The Bertz CT molecular complexity index is 482. The van der Waals surface area contributed by atoms with E-state index in [9.17, 15) is 9.59 Å². The minimum atomic E-state index is -0.251. The average Bonchev–Trinajstić information content (AvgIpc) is 3.13. The minimum Gasteiger partial charge on any atom is -0.376 e. The third kappa shape index (κ3) is 2.67. The van der Waals surface area contributed by atoms with Gasteiger partial charge in [0.1, 0.15) is 0 Å². The number of carbonyl (C=O) groups is 2. The van der Waals surface area contributed by atoms with Crippen molar-refractivity contribution in [2.45, 2.75) is 43.9 Å². The van der Waals surface area contributed by atoms with Crippen LogP contribution in [0.4, 0.5) is 0 Å². The van der Waals surface area contributed by atoms with Crippen LogP contribution in [0.5, 0.6) is 0 Å². The van der Waals surface area contributed by atoms with Crippen LogP contribution in [0.1, 0.15) is 36.3 Å². The largest absolute Gasteiger partial charge is 0.376 e. The number of amides is 2. The van der Waals surface area contributed by atoms with Gasteiger partial charge in [-0.05, 0) is 19.3 Å². The Morgan fingerprint density at radius 1 is 1.45 bits per heavy atom. The van der Waals surface area contributed by atoms with Gasteiger partial charge in [0.2, 0.25) is 5.91 Å². The first-order chi connectivity index (χ1) is 9.74. The lowest BCUT2D eigenvalue weighted by Crippen LogP contribution is -2.60. The Balaban J connectivity index is 1.68. The predicted octanol–water partition coefficient (Wildman–Crippen LogP) is -0.0343. The number of imidazole rings is 1. The molecule has 1 unspecified atom stereocenters. The topological polar surface area (TPSA) is 96.1 Å². The summed E-state index contributed by atoms with van der Waals surface area (Å²) in [5.41, 5.74) is 0. The van der Waals surface area contributed by atoms with Gasteiger partial charge in [0.25, 0.3) is 5.91 Å². The standard InChI is InChI=1S/C13H18N4O3/c18-10-4-3-8(11(17-10)9-2-1-7-20-9)16-13(19)12-14-5-6-15-12/h5-6,8-9,11H,1-4,7H2,(H,14,15)(H,16,19)(H,17,18)/t8-,9?,11-/m0/s1. The molecule has 2 fully saturated rings. The zero-order chi connectivity index (χ0) is 13.9. The molecule has 1 aromatic rings. The molecule has 2 aliphatic heterocycles. The Hall–Kier alpha value is -1.89. The molecule has 0 radical (unpaired) electrons. The van der Waals surface area contributed by atoms with E-state index in [2.05, 4.69) is 20.6 Å². The van der Waals surface area contributed by atoms with E-state index in [1.807, 2.05) is 0 Å². The first-order valence-electron chi connectivity index (χ1n) is 6.95. The van der Waals surface area contributed by atoms with Crippen molar-refractivity contribution in [1.82, 2.24) is 20.6 Å². The number of rotatable bonds is 3. The summed E-state index contributed by atoms with van der Waals surface area (Å²) in [6, 6.07) is -0.272. The van der Waals surface area contributed by atoms with Crippen LogP contribution in [0.15, 0.2) is 12.4 Å². The van der Waals surface area contributed by atoms with Crippen LogP contribution >= 0.6 is 0 Å². The number of ether oxygens (including phenoxy) is 1. The number of carbonyl (C=O) groups excluding carboxylic acids is 2. The number of hydrogen-bond donors (Lipinski definition) is 3. The fraction of sp³-hybridized carbons (Fsp3) is 0.615. The van der Waals surface area contributed by atoms with Gasteiger partial charge in [0, 0.05) is 25.4 Å². The second-order valence-corrected chi connectivity index (χ2v) is 5.20. The second kappa shape index (κ2) is 5.62. The molecule has 0 aromatic carbocycles. The molecule has 0 bridgehead atoms. The third-order valence-corrected chi connectivity index (χ3v) is 3.84. The maximum atomic E-state index is 12.1. The highest BCUT2D eigenvalue weighted by molar-refractivity contribution is 5.91. The van der Waals surface area contributed by atoms with Crippen molar-refractivity contribution in [2.24, 2.45) is 0 Å². The van der Waals surface area contributed by atoms with Crippen molar-refractivity contribution in [1.29, 1.82) is 0 Å². The summed E-state index contributed by atoms with van der Waals surface area (Å²) in [5.74, 6) is 0.0566. The van der Waals surface area contributed by atoms with Crippen LogP contribution in [0.25, 0.3) is 0 Å². The highest BCUT2D eigenvalue weighted by atomic mass is 16.5. The highest BCUT2D eigenvalue weighted by Crippen LogP contribution is 2.22. The van der Waals surface area contributed by atoms with Crippen molar-refractivity contribution in [3.8, 4) is 0 Å². The summed E-state index contributed by atoms with van der Waals surface area (Å²) >= 11 is 0.